The first kappa shape index (κ1) is 20.1. The quantitative estimate of drug-likeness (QED) is 0.609. The number of fused-ring (bicyclic) bond motifs is 3. The smallest absolute Gasteiger partial charge is 0.253 e. The number of anilines is 1. The van der Waals surface area contributed by atoms with Crippen LogP contribution in [-0.4, -0.2) is 58.0 Å². The number of piperidine rings is 2. The molecule has 168 valence electrons. The number of hydrogen-bond donors (Lipinski definition) is 2. The molecule has 2 N–H and O–H groups in total. The second kappa shape index (κ2) is 8.11. The predicted octanol–water partition coefficient (Wildman–Crippen LogP) is 3.26. The minimum atomic E-state index is -0.104. The molecule has 1 amide bonds. The number of H-pyrrole nitrogens is 1. The molecule has 0 aliphatic carbocycles. The minimum Gasteiger partial charge on any atom is -0.372 e. The van der Waals surface area contributed by atoms with Crippen LogP contribution in [0.4, 0.5) is 5.69 Å². The van der Waals surface area contributed by atoms with Gasteiger partial charge in [-0.25, -0.2) is 9.97 Å². The Morgan fingerprint density at radius 1 is 1.12 bits per heavy atom. The monoisotopic (exact) mass is 440 g/mol. The first-order valence-electron chi connectivity index (χ1n) is 11.9. The maximum Gasteiger partial charge on any atom is 0.253 e. The van der Waals surface area contributed by atoms with E-state index >= 15 is 0 Å². The van der Waals surface area contributed by atoms with E-state index in [0.29, 0.717) is 16.7 Å². The Bertz CT molecular complexity index is 1250. The molecule has 2 fully saturated rings. The molecule has 2 unspecified atom stereocenters. The molecule has 7 rings (SSSR count). The van der Waals surface area contributed by atoms with Crippen molar-refractivity contribution in [3.63, 3.8) is 0 Å². The van der Waals surface area contributed by atoms with Gasteiger partial charge in [0.05, 0.1) is 17.1 Å². The Morgan fingerprint density at radius 3 is 2.64 bits per heavy atom. The molecule has 7 nitrogen and oxygen atoms in total. The fourth-order valence-electron chi connectivity index (χ4n) is 5.13. The molecule has 4 aliphatic heterocycles. The molecule has 2 aromatic heterocycles. The van der Waals surface area contributed by atoms with Gasteiger partial charge in [0, 0.05) is 55.6 Å². The van der Waals surface area contributed by atoms with Crippen LogP contribution >= 0.6 is 0 Å². The lowest BCUT2D eigenvalue weighted by Gasteiger charge is -2.38. The van der Waals surface area contributed by atoms with Crippen LogP contribution in [0.25, 0.3) is 22.6 Å². The highest BCUT2D eigenvalue weighted by atomic mass is 16.1. The van der Waals surface area contributed by atoms with Gasteiger partial charge in [0.25, 0.3) is 5.91 Å². The standard InChI is InChI=1S/C26H28N6O/c1-17-7-14-32(15-8-17)20-4-2-19(3-5-20)24-29-23-21(6-11-27-25(23)30-24)26(33)28-22-16-31-12-9-18(22)10-13-31/h2-6,11,17-18,22H,7-9,12,14-16H2,1H3,(H,28,33)(H,27,29,30). The van der Waals surface area contributed by atoms with Crippen molar-refractivity contribution in [2.24, 2.45) is 11.8 Å². The van der Waals surface area contributed by atoms with Crippen LogP contribution in [0.3, 0.4) is 0 Å². The SMILES string of the molecule is CC1CCN(c2ccc(-c3nc4nccc(C(=O)NC5CN6C#CC5CC6)c4[nH]3)cc2)CC1. The van der Waals surface area contributed by atoms with E-state index < -0.39 is 0 Å². The van der Waals surface area contributed by atoms with Gasteiger partial charge in [0.2, 0.25) is 0 Å². The molecule has 0 radical (unpaired) electrons. The molecule has 6 heterocycles. The number of benzene rings is 1. The van der Waals surface area contributed by atoms with E-state index in [1.54, 1.807) is 12.3 Å². The van der Waals surface area contributed by atoms with Crippen LogP contribution in [-0.2, 0) is 0 Å². The summed E-state index contributed by atoms with van der Waals surface area (Å²) in [5.74, 6) is 4.91. The van der Waals surface area contributed by atoms with Crippen molar-refractivity contribution < 1.29 is 4.79 Å². The summed E-state index contributed by atoms with van der Waals surface area (Å²) < 4.78 is 0. The summed E-state index contributed by atoms with van der Waals surface area (Å²) in [6.07, 6.45) is 5.14. The summed E-state index contributed by atoms with van der Waals surface area (Å²) in [6, 6.07) is 13.5. The van der Waals surface area contributed by atoms with E-state index in [2.05, 4.69) is 73.2 Å². The van der Waals surface area contributed by atoms with Crippen molar-refractivity contribution >= 4 is 22.8 Å². The third-order valence-corrected chi connectivity index (χ3v) is 7.26. The average molecular weight is 441 g/mol. The minimum absolute atomic E-state index is 0.0587. The zero-order chi connectivity index (χ0) is 22.4. The Hall–Kier alpha value is -3.53. The lowest BCUT2D eigenvalue weighted by Crippen LogP contribution is -2.53. The predicted molar refractivity (Wildman–Crippen MR) is 129 cm³/mol. The number of rotatable bonds is 4. The number of hydrogen-bond acceptors (Lipinski definition) is 5. The Balaban J connectivity index is 1.23. The average Bonchev–Trinajstić information content (AvgIpc) is 3.30. The van der Waals surface area contributed by atoms with E-state index in [9.17, 15) is 4.79 Å². The van der Waals surface area contributed by atoms with Crippen LogP contribution in [0, 0.1) is 23.8 Å². The number of aromatic amines is 1. The highest BCUT2D eigenvalue weighted by molar-refractivity contribution is 6.04. The van der Waals surface area contributed by atoms with Crippen molar-refractivity contribution in [2.75, 3.05) is 31.1 Å². The number of carbonyl (C=O) groups excluding carboxylic acids is 1. The van der Waals surface area contributed by atoms with Gasteiger partial charge in [0.1, 0.15) is 5.82 Å². The van der Waals surface area contributed by atoms with Crippen LogP contribution < -0.4 is 10.2 Å². The number of nitrogens with one attached hydrogen (secondary N) is 2. The van der Waals surface area contributed by atoms with Gasteiger partial charge >= 0.3 is 0 Å². The van der Waals surface area contributed by atoms with Crippen molar-refractivity contribution in [2.45, 2.75) is 32.2 Å². The fourth-order valence-corrected chi connectivity index (χ4v) is 5.13. The van der Waals surface area contributed by atoms with E-state index in [1.807, 2.05) is 0 Å². The maximum absolute atomic E-state index is 13.1. The van der Waals surface area contributed by atoms with E-state index in [1.165, 1.54) is 18.5 Å². The number of pyridine rings is 1. The highest BCUT2D eigenvalue weighted by Crippen LogP contribution is 2.27. The normalized spacial score (nSPS) is 22.3. The van der Waals surface area contributed by atoms with Crippen molar-refractivity contribution in [3.8, 4) is 23.4 Å². The highest BCUT2D eigenvalue weighted by Gasteiger charge is 2.32. The summed E-state index contributed by atoms with van der Waals surface area (Å²) in [7, 11) is 0. The van der Waals surface area contributed by atoms with Crippen molar-refractivity contribution in [1.29, 1.82) is 0 Å². The summed E-state index contributed by atoms with van der Waals surface area (Å²) in [5, 5.41) is 3.19. The molecule has 2 bridgehead atoms. The summed E-state index contributed by atoms with van der Waals surface area (Å²) >= 11 is 0. The van der Waals surface area contributed by atoms with E-state index in [4.69, 9.17) is 0 Å². The topological polar surface area (TPSA) is 77.2 Å². The van der Waals surface area contributed by atoms with Gasteiger partial charge < -0.3 is 20.1 Å². The van der Waals surface area contributed by atoms with Crippen molar-refractivity contribution in [3.05, 3.63) is 42.1 Å². The Labute approximate surface area is 193 Å². The number of aromatic nitrogens is 3. The molecular weight excluding hydrogens is 412 g/mol. The number of imidazole rings is 1. The summed E-state index contributed by atoms with van der Waals surface area (Å²) in [5.41, 5.74) is 4.04. The number of nitrogens with zero attached hydrogens (tertiary/aromatic N) is 4. The molecule has 0 saturated carbocycles. The Kier molecular flexibility index (Phi) is 4.94. The largest absolute Gasteiger partial charge is 0.372 e. The molecular formula is C26H28N6O. The molecule has 1 aromatic carbocycles. The lowest BCUT2D eigenvalue weighted by atomic mass is 9.89. The molecule has 3 aromatic rings. The molecule has 2 saturated heterocycles. The fraction of sp³-hybridized carbons (Fsp3) is 0.423. The lowest BCUT2D eigenvalue weighted by molar-refractivity contribution is 0.0899. The van der Waals surface area contributed by atoms with Crippen LogP contribution in [0.15, 0.2) is 36.5 Å². The van der Waals surface area contributed by atoms with Crippen molar-refractivity contribution in [1.82, 2.24) is 25.2 Å². The second-order valence-electron chi connectivity index (χ2n) is 9.54. The third-order valence-electron chi connectivity index (χ3n) is 7.26. The Morgan fingerprint density at radius 2 is 1.94 bits per heavy atom. The van der Waals surface area contributed by atoms with E-state index in [0.717, 1.165) is 49.9 Å². The second-order valence-corrected chi connectivity index (χ2v) is 9.54. The first-order chi connectivity index (χ1) is 16.1. The van der Waals surface area contributed by atoms with Gasteiger partial charge in [-0.05, 0) is 55.5 Å². The van der Waals surface area contributed by atoms with Crippen LogP contribution in [0.2, 0.25) is 0 Å². The van der Waals surface area contributed by atoms with Gasteiger partial charge in [-0.3, -0.25) is 4.79 Å². The molecule has 7 heteroatoms. The zero-order valence-electron chi connectivity index (χ0n) is 18.8. The molecule has 0 spiro atoms. The van der Waals surface area contributed by atoms with Crippen LogP contribution in [0.5, 0.6) is 0 Å². The molecule has 4 aliphatic rings. The van der Waals surface area contributed by atoms with Gasteiger partial charge in [-0.1, -0.05) is 12.8 Å². The first-order valence-corrected chi connectivity index (χ1v) is 11.9. The summed E-state index contributed by atoms with van der Waals surface area (Å²) in [4.78, 5) is 30.1. The van der Waals surface area contributed by atoms with Gasteiger partial charge in [-0.2, -0.15) is 0 Å². The molecule has 33 heavy (non-hydrogen) atoms. The zero-order valence-corrected chi connectivity index (χ0v) is 18.8. The summed E-state index contributed by atoms with van der Waals surface area (Å²) in [6.45, 7) is 6.32. The van der Waals surface area contributed by atoms with Gasteiger partial charge in [0.15, 0.2) is 5.65 Å². The maximum atomic E-state index is 13.1. The van der Waals surface area contributed by atoms with Crippen LogP contribution in [0.1, 0.15) is 36.5 Å². The van der Waals surface area contributed by atoms with E-state index in [-0.39, 0.29) is 17.9 Å². The number of carbonyl (C=O) groups is 1. The van der Waals surface area contributed by atoms with Gasteiger partial charge in [-0.15, -0.1) is 0 Å². The third kappa shape index (κ3) is 3.80. The molecule has 2 atom stereocenters. The number of amides is 1.